The molecule has 0 spiro atoms. The van der Waals surface area contributed by atoms with Crippen molar-refractivity contribution in [3.05, 3.63) is 46.4 Å². The van der Waals surface area contributed by atoms with Gasteiger partial charge in [0.1, 0.15) is 0 Å². The molecule has 0 unspecified atom stereocenters. The number of hydrogen-bond donors (Lipinski definition) is 1. The summed E-state index contributed by atoms with van der Waals surface area (Å²) < 4.78 is 0.979. The van der Waals surface area contributed by atoms with Crippen LogP contribution in [0.3, 0.4) is 0 Å². The fourth-order valence-electron chi connectivity index (χ4n) is 1.38. The van der Waals surface area contributed by atoms with E-state index in [1.54, 1.807) is 12.1 Å². The molecule has 2 aromatic carbocycles. The normalized spacial score (nSPS) is 9.67. The van der Waals surface area contributed by atoms with Gasteiger partial charge in [-0.05, 0) is 29.0 Å². The molecule has 0 heterocycles. The second kappa shape index (κ2) is 4.87. The van der Waals surface area contributed by atoms with Crippen molar-refractivity contribution in [1.29, 1.82) is 0 Å². The molecule has 0 amide bonds. The van der Waals surface area contributed by atoms with Crippen LogP contribution in [0.2, 0.25) is 0 Å². The summed E-state index contributed by atoms with van der Waals surface area (Å²) in [6.07, 6.45) is 0. The SMILES string of the molecule is O=C(O)c1ccc2c(Br)cccc2c1.[GaH3]. The molecule has 0 saturated carbocycles. The van der Waals surface area contributed by atoms with Crippen molar-refractivity contribution in [1.82, 2.24) is 0 Å². The predicted molar refractivity (Wildman–Crippen MR) is 68.5 cm³/mol. The van der Waals surface area contributed by atoms with Crippen LogP contribution in [-0.4, -0.2) is 30.9 Å². The zero-order chi connectivity index (χ0) is 10.1. The van der Waals surface area contributed by atoms with Gasteiger partial charge >= 0.3 is 25.8 Å². The van der Waals surface area contributed by atoms with Crippen LogP contribution >= 0.6 is 15.9 Å². The number of carboxylic acid groups (broad SMARTS) is 1. The first-order chi connectivity index (χ1) is 6.68. The molecule has 15 heavy (non-hydrogen) atoms. The van der Waals surface area contributed by atoms with Gasteiger partial charge in [-0.15, -0.1) is 0 Å². The van der Waals surface area contributed by atoms with E-state index in [4.69, 9.17) is 5.11 Å². The summed E-state index contributed by atoms with van der Waals surface area (Å²) in [4.78, 5) is 10.7. The molecule has 0 aliphatic rings. The van der Waals surface area contributed by atoms with Crippen LogP contribution in [-0.2, 0) is 0 Å². The Morgan fingerprint density at radius 2 is 1.93 bits per heavy atom. The average Bonchev–Trinajstić information content (AvgIpc) is 2.17. The Morgan fingerprint density at radius 3 is 2.60 bits per heavy atom. The number of hydrogen-bond acceptors (Lipinski definition) is 1. The van der Waals surface area contributed by atoms with Gasteiger partial charge in [0, 0.05) is 4.47 Å². The fourth-order valence-corrected chi connectivity index (χ4v) is 1.89. The van der Waals surface area contributed by atoms with Gasteiger partial charge in [-0.25, -0.2) is 4.79 Å². The Balaban J connectivity index is 0.00000112. The molecule has 0 saturated heterocycles. The van der Waals surface area contributed by atoms with E-state index >= 15 is 0 Å². The molecule has 2 aromatic rings. The number of halogens is 1. The van der Waals surface area contributed by atoms with Crippen LogP contribution in [0.1, 0.15) is 10.4 Å². The van der Waals surface area contributed by atoms with Crippen molar-refractivity contribution >= 4 is 52.5 Å². The molecule has 0 radical (unpaired) electrons. The van der Waals surface area contributed by atoms with Gasteiger partial charge in [0.15, 0.2) is 0 Å². The van der Waals surface area contributed by atoms with Crippen molar-refractivity contribution in [3.63, 3.8) is 0 Å². The summed E-state index contributed by atoms with van der Waals surface area (Å²) in [6, 6.07) is 10.8. The van der Waals surface area contributed by atoms with Crippen LogP contribution in [0.4, 0.5) is 0 Å². The molecule has 0 aliphatic carbocycles. The molecule has 0 bridgehead atoms. The number of benzene rings is 2. The van der Waals surface area contributed by atoms with E-state index in [1.165, 1.54) is 0 Å². The van der Waals surface area contributed by atoms with Gasteiger partial charge in [0.2, 0.25) is 0 Å². The molecule has 0 fully saturated rings. The minimum atomic E-state index is -0.896. The summed E-state index contributed by atoms with van der Waals surface area (Å²) in [6.45, 7) is 0. The van der Waals surface area contributed by atoms with Gasteiger partial charge in [-0.2, -0.15) is 0 Å². The minimum absolute atomic E-state index is 0. The standard InChI is InChI=1S/C11H7BrO2.Ga.3H/c12-10-3-1-2-7-6-8(11(13)14)4-5-9(7)10;;;;/h1-6H,(H,13,14);;;;. The molecule has 1 N–H and O–H groups in total. The van der Waals surface area contributed by atoms with Gasteiger partial charge in [0.25, 0.3) is 0 Å². The van der Waals surface area contributed by atoms with E-state index in [0.29, 0.717) is 5.56 Å². The van der Waals surface area contributed by atoms with Crippen LogP contribution < -0.4 is 0 Å². The van der Waals surface area contributed by atoms with Gasteiger partial charge in [-0.3, -0.25) is 0 Å². The predicted octanol–water partition coefficient (Wildman–Crippen LogP) is 2.12. The molecular weight excluding hydrogens is 314 g/mol. The molecule has 76 valence electrons. The maximum atomic E-state index is 10.7. The molecular formula is C11H10BrGaO2. The van der Waals surface area contributed by atoms with Gasteiger partial charge < -0.3 is 5.11 Å². The Labute approximate surface area is 108 Å². The third kappa shape index (κ3) is 2.45. The number of fused-ring (bicyclic) bond motifs is 1. The number of carboxylic acids is 1. The number of rotatable bonds is 1. The maximum absolute atomic E-state index is 10.7. The number of carbonyl (C=O) groups is 1. The van der Waals surface area contributed by atoms with Crippen LogP contribution in [0.5, 0.6) is 0 Å². The first kappa shape index (κ1) is 12.4. The molecule has 0 aromatic heterocycles. The first-order valence-electron chi connectivity index (χ1n) is 4.10. The Morgan fingerprint density at radius 1 is 1.20 bits per heavy atom. The van der Waals surface area contributed by atoms with Crippen molar-refractivity contribution in [2.24, 2.45) is 0 Å². The van der Waals surface area contributed by atoms with E-state index < -0.39 is 5.97 Å². The van der Waals surface area contributed by atoms with Crippen LogP contribution in [0.15, 0.2) is 40.9 Å². The van der Waals surface area contributed by atoms with Gasteiger partial charge in [-0.1, -0.05) is 34.1 Å². The summed E-state index contributed by atoms with van der Waals surface area (Å²) in [5.74, 6) is -0.896. The first-order valence-corrected chi connectivity index (χ1v) is 4.89. The third-order valence-corrected chi connectivity index (χ3v) is 2.77. The topological polar surface area (TPSA) is 37.3 Å². The van der Waals surface area contributed by atoms with Crippen LogP contribution in [0, 0.1) is 0 Å². The zero-order valence-electron chi connectivity index (χ0n) is 7.20. The van der Waals surface area contributed by atoms with E-state index in [2.05, 4.69) is 15.9 Å². The summed E-state index contributed by atoms with van der Waals surface area (Å²) in [5.41, 5.74) is 0.315. The Bertz CT molecular complexity index is 511. The van der Waals surface area contributed by atoms with E-state index in [1.807, 2.05) is 24.3 Å². The molecule has 2 rings (SSSR count). The zero-order valence-corrected chi connectivity index (χ0v) is 8.78. The second-order valence-electron chi connectivity index (χ2n) is 2.98. The van der Waals surface area contributed by atoms with E-state index in [9.17, 15) is 4.79 Å². The molecule has 0 atom stereocenters. The van der Waals surface area contributed by atoms with E-state index in [0.717, 1.165) is 15.2 Å². The van der Waals surface area contributed by atoms with Crippen molar-refractivity contribution in [3.8, 4) is 0 Å². The molecule has 4 heteroatoms. The summed E-state index contributed by atoms with van der Waals surface area (Å²) in [5, 5.41) is 10.8. The Kier molecular flexibility index (Phi) is 4.01. The third-order valence-electron chi connectivity index (χ3n) is 2.07. The summed E-state index contributed by atoms with van der Waals surface area (Å²) >= 11 is 3.41. The van der Waals surface area contributed by atoms with Crippen molar-refractivity contribution < 1.29 is 9.90 Å². The fraction of sp³-hybridized carbons (Fsp3) is 0. The summed E-state index contributed by atoms with van der Waals surface area (Å²) in [7, 11) is 0. The quantitative estimate of drug-likeness (QED) is 0.816. The number of aromatic carboxylic acids is 1. The van der Waals surface area contributed by atoms with Crippen molar-refractivity contribution in [2.75, 3.05) is 0 Å². The van der Waals surface area contributed by atoms with Crippen LogP contribution in [0.25, 0.3) is 10.8 Å². The Hall–Kier alpha value is -0.714. The molecule has 0 aliphatic heterocycles. The molecule has 2 nitrogen and oxygen atoms in total. The van der Waals surface area contributed by atoms with E-state index in [-0.39, 0.29) is 19.8 Å². The van der Waals surface area contributed by atoms with Crippen molar-refractivity contribution in [2.45, 2.75) is 0 Å². The average molecular weight is 324 g/mol. The monoisotopic (exact) mass is 322 g/mol. The second-order valence-corrected chi connectivity index (χ2v) is 3.84. The van der Waals surface area contributed by atoms with Gasteiger partial charge in [0.05, 0.1) is 5.56 Å².